The first-order chi connectivity index (χ1) is 21.0. The summed E-state index contributed by atoms with van der Waals surface area (Å²) < 4.78 is 70.9. The molecule has 0 fully saturated rings. The summed E-state index contributed by atoms with van der Waals surface area (Å²) in [7, 11) is 2.93. The molecule has 0 unspecified atom stereocenters. The van der Waals surface area contributed by atoms with E-state index in [1.807, 2.05) is 0 Å². The van der Waals surface area contributed by atoms with Gasteiger partial charge in [-0.2, -0.15) is 13.2 Å². The van der Waals surface area contributed by atoms with Crippen molar-refractivity contribution in [2.75, 3.05) is 19.5 Å². The lowest BCUT2D eigenvalue weighted by molar-refractivity contribution is -0.141. The van der Waals surface area contributed by atoms with Gasteiger partial charge in [-0.25, -0.2) is 9.37 Å². The van der Waals surface area contributed by atoms with E-state index in [-0.39, 0.29) is 28.4 Å². The Kier molecular flexibility index (Phi) is 8.21. The molecule has 5 aromatic rings. The van der Waals surface area contributed by atoms with Crippen LogP contribution in [0.4, 0.5) is 23.2 Å². The second kappa shape index (κ2) is 12.0. The highest BCUT2D eigenvalue weighted by atomic mass is 19.4. The third-order valence-corrected chi connectivity index (χ3v) is 6.64. The summed E-state index contributed by atoms with van der Waals surface area (Å²) in [6.45, 7) is -0.179. The Morgan fingerprint density at radius 3 is 2.32 bits per heavy atom. The van der Waals surface area contributed by atoms with Crippen molar-refractivity contribution in [1.29, 1.82) is 0 Å². The Morgan fingerprint density at radius 1 is 0.977 bits per heavy atom. The lowest BCUT2D eigenvalue weighted by atomic mass is 10.0. The van der Waals surface area contributed by atoms with Crippen molar-refractivity contribution in [3.63, 3.8) is 0 Å². The highest BCUT2D eigenvalue weighted by Gasteiger charge is 2.30. The number of benzene rings is 2. The Balaban J connectivity index is 1.43. The number of anilines is 1. The fraction of sp³-hybridized carbons (Fsp3) is 0.161. The van der Waals surface area contributed by atoms with Crippen LogP contribution in [0.5, 0.6) is 23.1 Å². The van der Waals surface area contributed by atoms with E-state index in [0.717, 1.165) is 22.9 Å². The molecule has 2 aromatic carbocycles. The average Bonchev–Trinajstić information content (AvgIpc) is 2.99. The zero-order chi connectivity index (χ0) is 31.6. The Bertz CT molecular complexity index is 1910. The van der Waals surface area contributed by atoms with Gasteiger partial charge in [-0.3, -0.25) is 14.6 Å². The molecule has 0 spiro atoms. The first-order valence-corrected chi connectivity index (χ1v) is 13.0. The molecule has 0 aliphatic rings. The highest BCUT2D eigenvalue weighted by Crippen LogP contribution is 2.34. The zero-order valence-corrected chi connectivity index (χ0v) is 23.5. The molecule has 0 bridgehead atoms. The van der Waals surface area contributed by atoms with Gasteiger partial charge in [0, 0.05) is 41.5 Å². The fourth-order valence-corrected chi connectivity index (χ4v) is 4.53. The standard InChI is InChI=1S/C31H24F4N4O5/c1-17-26(28(40)22(15-39(17)16-31(33,34)35)18-4-6-19(32)7-5-18)29(41)37-20-8-10-21(11-9-20)44-24-12-13-36-23-14-25(42-2)30(43-3)38-27(23)24/h4-15H,16H2,1-3H3,(H,37,41). The molecule has 3 aromatic heterocycles. The van der Waals surface area contributed by atoms with Gasteiger partial charge >= 0.3 is 6.18 Å². The Hall–Kier alpha value is -5.46. The van der Waals surface area contributed by atoms with Gasteiger partial charge in [0.25, 0.3) is 11.8 Å². The van der Waals surface area contributed by atoms with Crippen molar-refractivity contribution >= 4 is 22.6 Å². The molecule has 226 valence electrons. The van der Waals surface area contributed by atoms with Crippen molar-refractivity contribution in [2.24, 2.45) is 0 Å². The van der Waals surface area contributed by atoms with Gasteiger partial charge in [0.05, 0.1) is 19.7 Å². The van der Waals surface area contributed by atoms with Crippen LogP contribution in [0.2, 0.25) is 0 Å². The lowest BCUT2D eigenvalue weighted by Crippen LogP contribution is -2.29. The lowest BCUT2D eigenvalue weighted by Gasteiger charge is -2.18. The zero-order valence-electron chi connectivity index (χ0n) is 23.5. The molecule has 5 rings (SSSR count). The van der Waals surface area contributed by atoms with Crippen LogP contribution < -0.4 is 25.0 Å². The molecular weight excluding hydrogens is 584 g/mol. The largest absolute Gasteiger partial charge is 0.491 e. The molecule has 44 heavy (non-hydrogen) atoms. The average molecular weight is 609 g/mol. The van der Waals surface area contributed by atoms with Gasteiger partial charge < -0.3 is 24.1 Å². The summed E-state index contributed by atoms with van der Waals surface area (Å²) in [6, 6.07) is 14.0. The van der Waals surface area contributed by atoms with Crippen LogP contribution in [0.25, 0.3) is 22.2 Å². The molecule has 0 aliphatic heterocycles. The monoisotopic (exact) mass is 608 g/mol. The molecule has 0 radical (unpaired) electrons. The molecule has 0 saturated carbocycles. The van der Waals surface area contributed by atoms with E-state index in [1.54, 1.807) is 24.3 Å². The van der Waals surface area contributed by atoms with Gasteiger partial charge in [-0.1, -0.05) is 12.1 Å². The van der Waals surface area contributed by atoms with Crippen molar-refractivity contribution in [2.45, 2.75) is 19.6 Å². The maximum absolute atomic E-state index is 13.5. The maximum atomic E-state index is 13.5. The van der Waals surface area contributed by atoms with Crippen LogP contribution in [-0.4, -0.2) is 40.8 Å². The van der Waals surface area contributed by atoms with Gasteiger partial charge in [0.15, 0.2) is 11.5 Å². The molecule has 0 aliphatic carbocycles. The number of hydrogen-bond acceptors (Lipinski definition) is 7. The molecular formula is C31H24F4N4O5. The number of carbonyl (C=O) groups excluding carboxylic acids is 1. The number of methoxy groups -OCH3 is 2. The molecule has 1 N–H and O–H groups in total. The van der Waals surface area contributed by atoms with Crippen LogP contribution in [0, 0.1) is 12.7 Å². The molecule has 9 nitrogen and oxygen atoms in total. The number of ether oxygens (including phenoxy) is 3. The number of nitrogens with zero attached hydrogens (tertiary/aromatic N) is 3. The molecule has 0 saturated heterocycles. The SMILES string of the molecule is COc1cc2nccc(Oc3ccc(NC(=O)c4c(C)n(CC(F)(F)F)cc(-c5ccc(F)cc5)c4=O)cc3)c2nc1OC. The van der Waals surface area contributed by atoms with Crippen LogP contribution in [0.1, 0.15) is 16.1 Å². The Labute approximate surface area is 247 Å². The highest BCUT2D eigenvalue weighted by molar-refractivity contribution is 6.05. The number of hydrogen-bond donors (Lipinski definition) is 1. The molecule has 3 heterocycles. The summed E-state index contributed by atoms with van der Waals surface area (Å²) in [5, 5.41) is 2.56. The number of alkyl halides is 3. The summed E-state index contributed by atoms with van der Waals surface area (Å²) in [6.07, 6.45) is -2.07. The minimum Gasteiger partial charge on any atom is -0.491 e. The number of nitrogens with one attached hydrogen (secondary N) is 1. The van der Waals surface area contributed by atoms with Gasteiger partial charge in [0.2, 0.25) is 5.43 Å². The van der Waals surface area contributed by atoms with Gasteiger partial charge in [-0.05, 0) is 48.9 Å². The van der Waals surface area contributed by atoms with Crippen molar-refractivity contribution in [3.8, 4) is 34.3 Å². The van der Waals surface area contributed by atoms with E-state index in [2.05, 4.69) is 15.3 Å². The minimum absolute atomic E-state index is 0.164. The first-order valence-electron chi connectivity index (χ1n) is 13.0. The van der Waals surface area contributed by atoms with Crippen molar-refractivity contribution < 1.29 is 36.6 Å². The van der Waals surface area contributed by atoms with E-state index < -0.39 is 35.4 Å². The van der Waals surface area contributed by atoms with Crippen LogP contribution >= 0.6 is 0 Å². The topological polar surface area (TPSA) is 105 Å². The van der Waals surface area contributed by atoms with Crippen LogP contribution in [0.15, 0.2) is 77.9 Å². The Morgan fingerprint density at radius 2 is 1.68 bits per heavy atom. The van der Waals surface area contributed by atoms with Crippen LogP contribution in [-0.2, 0) is 6.54 Å². The van der Waals surface area contributed by atoms with Crippen molar-refractivity contribution in [1.82, 2.24) is 14.5 Å². The summed E-state index contributed by atoms with van der Waals surface area (Å²) >= 11 is 0. The predicted octanol–water partition coefficient (Wildman–Crippen LogP) is 6.53. The van der Waals surface area contributed by atoms with Gasteiger partial charge in [0.1, 0.15) is 29.2 Å². The summed E-state index contributed by atoms with van der Waals surface area (Å²) in [5.74, 6) is -0.126. The number of aromatic nitrogens is 3. The number of amides is 1. The number of pyridine rings is 3. The smallest absolute Gasteiger partial charge is 0.406 e. The number of fused-ring (bicyclic) bond motifs is 1. The van der Waals surface area contributed by atoms with E-state index in [0.29, 0.717) is 28.3 Å². The molecule has 0 atom stereocenters. The van der Waals surface area contributed by atoms with E-state index >= 15 is 0 Å². The predicted molar refractivity (Wildman–Crippen MR) is 154 cm³/mol. The van der Waals surface area contributed by atoms with Crippen molar-refractivity contribution in [3.05, 3.63) is 100 Å². The van der Waals surface area contributed by atoms with E-state index in [4.69, 9.17) is 14.2 Å². The fourth-order valence-electron chi connectivity index (χ4n) is 4.53. The van der Waals surface area contributed by atoms with E-state index in [9.17, 15) is 27.2 Å². The first kappa shape index (κ1) is 30.0. The third-order valence-electron chi connectivity index (χ3n) is 6.64. The molecule has 13 heteroatoms. The maximum Gasteiger partial charge on any atom is 0.406 e. The molecule has 1 amide bonds. The number of carbonyl (C=O) groups is 1. The second-order valence-electron chi connectivity index (χ2n) is 9.54. The van der Waals surface area contributed by atoms with Crippen LogP contribution in [0.3, 0.4) is 0 Å². The number of rotatable bonds is 8. The summed E-state index contributed by atoms with van der Waals surface area (Å²) in [4.78, 5) is 35.4. The normalized spacial score (nSPS) is 11.3. The quantitative estimate of drug-likeness (QED) is 0.200. The second-order valence-corrected chi connectivity index (χ2v) is 9.54. The number of halogens is 4. The third kappa shape index (κ3) is 6.31. The van der Waals surface area contributed by atoms with E-state index in [1.165, 1.54) is 51.6 Å². The summed E-state index contributed by atoms with van der Waals surface area (Å²) in [5.41, 5.74) is -0.310. The minimum atomic E-state index is -4.63. The van der Waals surface area contributed by atoms with Gasteiger partial charge in [-0.15, -0.1) is 0 Å².